The van der Waals surface area contributed by atoms with Gasteiger partial charge in [-0.2, -0.15) is 0 Å². The number of alkyl halides is 1. The molecule has 1 aliphatic carbocycles. The van der Waals surface area contributed by atoms with E-state index in [-0.39, 0.29) is 0 Å². The van der Waals surface area contributed by atoms with E-state index in [1.807, 2.05) is 0 Å². The summed E-state index contributed by atoms with van der Waals surface area (Å²) in [5.41, 5.74) is 0. The molecule has 2 heteroatoms. The zero-order chi connectivity index (χ0) is 7.68. The van der Waals surface area contributed by atoms with E-state index in [9.17, 15) is 0 Å². The minimum Gasteiger partial charge on any atom is -0.346 e. The highest BCUT2D eigenvalue weighted by molar-refractivity contribution is 9.09. The van der Waals surface area contributed by atoms with Gasteiger partial charge in [-0.25, -0.2) is 0 Å². The van der Waals surface area contributed by atoms with Crippen molar-refractivity contribution < 1.29 is 5.32 Å². The molecule has 0 aromatic rings. The van der Waals surface area contributed by atoms with Gasteiger partial charge in [-0.05, 0) is 31.6 Å². The van der Waals surface area contributed by atoms with Gasteiger partial charge in [-0.15, -0.1) is 0 Å². The predicted octanol–water partition coefficient (Wildman–Crippen LogP) is 1.13. The molecule has 2 rings (SSSR count). The molecule has 1 saturated carbocycles. The van der Waals surface area contributed by atoms with Crippen LogP contribution in [0.5, 0.6) is 0 Å². The van der Waals surface area contributed by atoms with Crippen molar-refractivity contribution in [1.82, 2.24) is 0 Å². The molecule has 2 fully saturated rings. The first-order chi connectivity index (χ1) is 5.36. The van der Waals surface area contributed by atoms with Crippen molar-refractivity contribution in [2.24, 2.45) is 11.8 Å². The monoisotopic (exact) mass is 218 g/mol. The van der Waals surface area contributed by atoms with Crippen molar-refractivity contribution in [2.75, 3.05) is 13.1 Å². The molecule has 1 aliphatic heterocycles. The van der Waals surface area contributed by atoms with E-state index in [0.29, 0.717) is 0 Å². The second-order valence-electron chi connectivity index (χ2n) is 4.03. The lowest BCUT2D eigenvalue weighted by molar-refractivity contribution is -0.672. The fourth-order valence-electron chi connectivity index (χ4n) is 2.60. The van der Waals surface area contributed by atoms with Crippen LogP contribution in [0.1, 0.15) is 25.7 Å². The molecule has 0 unspecified atom stereocenters. The van der Waals surface area contributed by atoms with Gasteiger partial charge in [0.1, 0.15) is 0 Å². The highest BCUT2D eigenvalue weighted by Gasteiger charge is 2.32. The van der Waals surface area contributed by atoms with Crippen LogP contribution in [-0.4, -0.2) is 17.9 Å². The van der Waals surface area contributed by atoms with E-state index >= 15 is 0 Å². The van der Waals surface area contributed by atoms with Crippen LogP contribution in [0, 0.1) is 11.8 Å². The van der Waals surface area contributed by atoms with Gasteiger partial charge in [-0.3, -0.25) is 0 Å². The zero-order valence-corrected chi connectivity index (χ0v) is 8.52. The molecule has 0 aromatic heterocycles. The van der Waals surface area contributed by atoms with Crippen LogP contribution in [0.2, 0.25) is 0 Å². The Balaban J connectivity index is 1.93. The maximum absolute atomic E-state index is 3.74. The molecule has 0 amide bonds. The summed E-state index contributed by atoms with van der Waals surface area (Å²) in [7, 11) is 0. The Labute approximate surface area is 77.1 Å². The van der Waals surface area contributed by atoms with Gasteiger partial charge >= 0.3 is 0 Å². The van der Waals surface area contributed by atoms with E-state index in [1.54, 1.807) is 0 Å². The summed E-state index contributed by atoms with van der Waals surface area (Å²) < 4.78 is 0. The largest absolute Gasteiger partial charge is 0.346 e. The number of rotatable bonds is 0. The third-order valence-electron chi connectivity index (χ3n) is 3.29. The van der Waals surface area contributed by atoms with Crippen LogP contribution in [0.25, 0.3) is 0 Å². The number of hydrogen-bond donors (Lipinski definition) is 1. The van der Waals surface area contributed by atoms with Crippen LogP contribution < -0.4 is 5.32 Å². The Hall–Kier alpha value is 0.440. The van der Waals surface area contributed by atoms with Gasteiger partial charge in [0.05, 0.1) is 13.1 Å². The average molecular weight is 219 g/mol. The molecule has 0 spiro atoms. The molecule has 3 atom stereocenters. The maximum Gasteiger partial charge on any atom is 0.0786 e. The summed E-state index contributed by atoms with van der Waals surface area (Å²) in [4.78, 5) is 0.835. The predicted molar refractivity (Wildman–Crippen MR) is 49.8 cm³/mol. The molecule has 11 heavy (non-hydrogen) atoms. The van der Waals surface area contributed by atoms with Gasteiger partial charge in [-0.1, -0.05) is 15.9 Å². The molecular weight excluding hydrogens is 202 g/mol. The molecular formula is C9H17BrN+. The highest BCUT2D eigenvalue weighted by atomic mass is 79.9. The van der Waals surface area contributed by atoms with Crippen LogP contribution >= 0.6 is 15.9 Å². The van der Waals surface area contributed by atoms with Crippen molar-refractivity contribution >= 4 is 15.9 Å². The fourth-order valence-corrected chi connectivity index (χ4v) is 3.34. The fraction of sp³-hybridized carbons (Fsp3) is 1.00. The Morgan fingerprint density at radius 2 is 2.00 bits per heavy atom. The SMILES string of the molecule is Br[C@H]1CC[C@H]2C[NH2+]CC[C@@H]2C1. The van der Waals surface area contributed by atoms with Gasteiger partial charge in [0.2, 0.25) is 0 Å². The van der Waals surface area contributed by atoms with Crippen molar-refractivity contribution in [3.8, 4) is 0 Å². The first kappa shape index (κ1) is 8.06. The highest BCUT2D eigenvalue weighted by Crippen LogP contribution is 2.35. The molecule has 64 valence electrons. The second kappa shape index (κ2) is 3.44. The lowest BCUT2D eigenvalue weighted by Gasteiger charge is -2.35. The minimum absolute atomic E-state index is 0.835. The van der Waals surface area contributed by atoms with E-state index in [0.717, 1.165) is 16.7 Å². The summed E-state index contributed by atoms with van der Waals surface area (Å²) in [6, 6.07) is 0. The number of nitrogens with two attached hydrogens (primary N) is 1. The quantitative estimate of drug-likeness (QED) is 0.588. The van der Waals surface area contributed by atoms with E-state index in [1.165, 1.54) is 38.8 Å². The smallest absolute Gasteiger partial charge is 0.0786 e. The third-order valence-corrected chi connectivity index (χ3v) is 4.12. The lowest BCUT2D eigenvalue weighted by Crippen LogP contribution is -2.88. The van der Waals surface area contributed by atoms with Crippen LogP contribution in [0.15, 0.2) is 0 Å². The van der Waals surface area contributed by atoms with E-state index in [2.05, 4.69) is 21.2 Å². The summed E-state index contributed by atoms with van der Waals surface area (Å²) in [5, 5.41) is 2.50. The summed E-state index contributed by atoms with van der Waals surface area (Å²) in [6.45, 7) is 2.78. The number of fused-ring (bicyclic) bond motifs is 1. The number of quaternary nitrogens is 1. The minimum atomic E-state index is 0.835. The molecule has 2 aliphatic rings. The number of piperidine rings is 1. The molecule has 0 aromatic carbocycles. The molecule has 1 heterocycles. The second-order valence-corrected chi connectivity index (χ2v) is 5.33. The standard InChI is InChI=1S/C9H16BrN/c10-9-2-1-8-6-11-4-3-7(8)5-9/h7-9,11H,1-6H2/p+1/t7-,8+,9+/m1/s1. The Morgan fingerprint density at radius 3 is 2.91 bits per heavy atom. The molecule has 2 N–H and O–H groups in total. The lowest BCUT2D eigenvalue weighted by atomic mass is 9.76. The zero-order valence-electron chi connectivity index (χ0n) is 6.93. The molecule has 1 saturated heterocycles. The van der Waals surface area contributed by atoms with Crippen molar-refractivity contribution in [1.29, 1.82) is 0 Å². The molecule has 0 radical (unpaired) electrons. The van der Waals surface area contributed by atoms with Crippen molar-refractivity contribution in [3.63, 3.8) is 0 Å². The van der Waals surface area contributed by atoms with Gasteiger partial charge in [0, 0.05) is 10.7 Å². The summed E-state index contributed by atoms with van der Waals surface area (Å²) >= 11 is 3.74. The Morgan fingerprint density at radius 1 is 1.09 bits per heavy atom. The number of hydrogen-bond acceptors (Lipinski definition) is 0. The van der Waals surface area contributed by atoms with Gasteiger partial charge < -0.3 is 5.32 Å². The van der Waals surface area contributed by atoms with Gasteiger partial charge in [0.25, 0.3) is 0 Å². The van der Waals surface area contributed by atoms with Crippen LogP contribution in [0.3, 0.4) is 0 Å². The number of halogens is 1. The third kappa shape index (κ3) is 1.78. The first-order valence-corrected chi connectivity index (χ1v) is 5.73. The van der Waals surface area contributed by atoms with Gasteiger partial charge in [0.15, 0.2) is 0 Å². The van der Waals surface area contributed by atoms with E-state index < -0.39 is 0 Å². The van der Waals surface area contributed by atoms with Crippen molar-refractivity contribution in [3.05, 3.63) is 0 Å². The Kier molecular flexibility index (Phi) is 2.52. The van der Waals surface area contributed by atoms with E-state index in [4.69, 9.17) is 0 Å². The first-order valence-electron chi connectivity index (χ1n) is 4.82. The maximum atomic E-state index is 3.74. The topological polar surface area (TPSA) is 16.6 Å². The van der Waals surface area contributed by atoms with Crippen LogP contribution in [0.4, 0.5) is 0 Å². The Bertz CT molecular complexity index is 138. The normalized spacial score (nSPS) is 45.0. The molecule has 1 nitrogen and oxygen atoms in total. The van der Waals surface area contributed by atoms with Crippen LogP contribution in [-0.2, 0) is 0 Å². The van der Waals surface area contributed by atoms with Crippen molar-refractivity contribution in [2.45, 2.75) is 30.5 Å². The summed E-state index contributed by atoms with van der Waals surface area (Å²) in [6.07, 6.45) is 5.79. The molecule has 0 bridgehead atoms. The summed E-state index contributed by atoms with van der Waals surface area (Å²) in [5.74, 6) is 2.11. The average Bonchev–Trinajstić information content (AvgIpc) is 2.04.